The highest BCUT2D eigenvalue weighted by Gasteiger charge is 2.14. The predicted octanol–water partition coefficient (Wildman–Crippen LogP) is 2.29. The quantitative estimate of drug-likeness (QED) is 0.884. The van der Waals surface area contributed by atoms with Crippen LogP contribution in [0.5, 0.6) is 0 Å². The van der Waals surface area contributed by atoms with Crippen LogP contribution in [0.4, 0.5) is 4.39 Å². The van der Waals surface area contributed by atoms with Crippen LogP contribution in [0.2, 0.25) is 0 Å². The maximum absolute atomic E-state index is 13.1. The molecule has 5 heteroatoms. The van der Waals surface area contributed by atoms with Gasteiger partial charge in [0.15, 0.2) is 0 Å². The van der Waals surface area contributed by atoms with E-state index in [2.05, 4.69) is 0 Å². The number of carbonyl (C=O) groups is 1. The Bertz CT molecular complexity index is 429. The SMILES string of the molecule is CC(C)CS(=O)c1ccc(F)c(C(=O)O)c1. The smallest absolute Gasteiger partial charge is 0.338 e. The number of carboxylic acids is 1. The fourth-order valence-corrected chi connectivity index (χ4v) is 2.48. The average Bonchev–Trinajstić information content (AvgIpc) is 2.16. The van der Waals surface area contributed by atoms with E-state index in [0.717, 1.165) is 12.1 Å². The summed E-state index contributed by atoms with van der Waals surface area (Å²) in [6, 6.07) is 3.54. The van der Waals surface area contributed by atoms with E-state index in [9.17, 15) is 13.4 Å². The van der Waals surface area contributed by atoms with Crippen LogP contribution in [0, 0.1) is 11.7 Å². The van der Waals surface area contributed by atoms with Crippen LogP contribution in [-0.2, 0) is 10.8 Å². The van der Waals surface area contributed by atoms with Crippen molar-refractivity contribution in [3.8, 4) is 0 Å². The Labute approximate surface area is 95.8 Å². The number of halogens is 1. The molecule has 0 aliphatic carbocycles. The summed E-state index contributed by atoms with van der Waals surface area (Å²) in [5.74, 6) is -1.48. The third-order valence-corrected chi connectivity index (χ3v) is 3.66. The van der Waals surface area contributed by atoms with Crippen molar-refractivity contribution in [2.45, 2.75) is 18.7 Å². The van der Waals surface area contributed by atoms with Gasteiger partial charge in [-0.05, 0) is 24.1 Å². The molecule has 88 valence electrons. The Morgan fingerprint density at radius 3 is 2.62 bits per heavy atom. The molecule has 0 aromatic heterocycles. The fraction of sp³-hybridized carbons (Fsp3) is 0.364. The van der Waals surface area contributed by atoms with Crippen molar-refractivity contribution in [3.05, 3.63) is 29.6 Å². The lowest BCUT2D eigenvalue weighted by Gasteiger charge is -2.06. The van der Waals surface area contributed by atoms with Gasteiger partial charge in [0.05, 0.1) is 16.4 Å². The van der Waals surface area contributed by atoms with Gasteiger partial charge < -0.3 is 5.11 Å². The third kappa shape index (κ3) is 3.13. The minimum Gasteiger partial charge on any atom is -0.478 e. The highest BCUT2D eigenvalue weighted by atomic mass is 32.2. The molecule has 1 atom stereocenters. The molecule has 0 aliphatic heterocycles. The summed E-state index contributed by atoms with van der Waals surface area (Å²) < 4.78 is 24.8. The Morgan fingerprint density at radius 2 is 2.12 bits per heavy atom. The maximum Gasteiger partial charge on any atom is 0.338 e. The van der Waals surface area contributed by atoms with E-state index in [4.69, 9.17) is 5.11 Å². The molecule has 0 aliphatic rings. The number of carboxylic acid groups (broad SMARTS) is 1. The molecular weight excluding hydrogens is 231 g/mol. The normalized spacial score (nSPS) is 12.8. The van der Waals surface area contributed by atoms with E-state index in [-0.39, 0.29) is 5.92 Å². The van der Waals surface area contributed by atoms with E-state index in [1.807, 2.05) is 13.8 Å². The van der Waals surface area contributed by atoms with Crippen molar-refractivity contribution in [1.29, 1.82) is 0 Å². The maximum atomic E-state index is 13.1. The van der Waals surface area contributed by atoms with Gasteiger partial charge in [0, 0.05) is 10.6 Å². The summed E-state index contributed by atoms with van der Waals surface area (Å²) in [5, 5.41) is 8.71. The van der Waals surface area contributed by atoms with Crippen molar-refractivity contribution < 1.29 is 18.5 Å². The molecule has 0 bridgehead atoms. The standard InChI is InChI=1S/C11H13FO3S/c1-7(2)6-16(15)8-3-4-10(12)9(5-8)11(13)14/h3-5,7H,6H2,1-2H3,(H,13,14). The molecule has 0 amide bonds. The van der Waals surface area contributed by atoms with Crippen LogP contribution in [-0.4, -0.2) is 21.0 Å². The minimum atomic E-state index is -1.35. The van der Waals surface area contributed by atoms with Gasteiger partial charge in [0.2, 0.25) is 0 Å². The van der Waals surface area contributed by atoms with Gasteiger partial charge in [0.25, 0.3) is 0 Å². The summed E-state index contributed by atoms with van der Waals surface area (Å²) in [6.07, 6.45) is 0. The van der Waals surface area contributed by atoms with Crippen molar-refractivity contribution in [3.63, 3.8) is 0 Å². The van der Waals surface area contributed by atoms with Crippen molar-refractivity contribution in [1.82, 2.24) is 0 Å². The Balaban J connectivity index is 3.03. The van der Waals surface area contributed by atoms with E-state index in [0.29, 0.717) is 10.6 Å². The molecule has 1 rings (SSSR count). The second-order valence-electron chi connectivity index (χ2n) is 3.85. The summed E-state index contributed by atoms with van der Waals surface area (Å²) >= 11 is 0. The van der Waals surface area contributed by atoms with E-state index >= 15 is 0 Å². The fourth-order valence-electron chi connectivity index (χ4n) is 1.21. The van der Waals surface area contributed by atoms with E-state index in [1.165, 1.54) is 6.07 Å². The zero-order valence-electron chi connectivity index (χ0n) is 9.07. The molecule has 0 saturated heterocycles. The molecule has 1 N–H and O–H groups in total. The van der Waals surface area contributed by atoms with Gasteiger partial charge >= 0.3 is 5.97 Å². The van der Waals surface area contributed by atoms with Crippen LogP contribution in [0.1, 0.15) is 24.2 Å². The van der Waals surface area contributed by atoms with Crippen LogP contribution < -0.4 is 0 Å². The minimum absolute atomic E-state index is 0.235. The molecule has 0 spiro atoms. The third-order valence-electron chi connectivity index (χ3n) is 1.92. The van der Waals surface area contributed by atoms with E-state index in [1.54, 1.807) is 0 Å². The number of aromatic carboxylic acids is 1. The molecule has 1 aromatic carbocycles. The zero-order valence-corrected chi connectivity index (χ0v) is 9.88. The van der Waals surface area contributed by atoms with Crippen LogP contribution >= 0.6 is 0 Å². The van der Waals surface area contributed by atoms with Crippen LogP contribution in [0.25, 0.3) is 0 Å². The summed E-state index contributed by atoms with van der Waals surface area (Å²) in [4.78, 5) is 11.0. The number of hydrogen-bond donors (Lipinski definition) is 1. The lowest BCUT2D eigenvalue weighted by molar-refractivity contribution is 0.0691. The number of rotatable bonds is 4. The van der Waals surface area contributed by atoms with Gasteiger partial charge in [-0.25, -0.2) is 9.18 Å². The molecular formula is C11H13FO3S. The molecule has 3 nitrogen and oxygen atoms in total. The highest BCUT2D eigenvalue weighted by Crippen LogP contribution is 2.15. The van der Waals surface area contributed by atoms with Crippen LogP contribution in [0.15, 0.2) is 23.1 Å². The van der Waals surface area contributed by atoms with Crippen molar-refractivity contribution in [2.24, 2.45) is 5.92 Å². The van der Waals surface area contributed by atoms with Gasteiger partial charge in [-0.2, -0.15) is 0 Å². The Hall–Kier alpha value is -1.23. The Kier molecular flexibility index (Phi) is 4.18. The number of benzene rings is 1. The topological polar surface area (TPSA) is 54.4 Å². The lowest BCUT2D eigenvalue weighted by atomic mass is 10.2. The van der Waals surface area contributed by atoms with Gasteiger partial charge in [-0.3, -0.25) is 4.21 Å². The Morgan fingerprint density at radius 1 is 1.50 bits per heavy atom. The lowest BCUT2D eigenvalue weighted by Crippen LogP contribution is -2.07. The monoisotopic (exact) mass is 244 g/mol. The summed E-state index contributed by atoms with van der Waals surface area (Å²) in [5.41, 5.74) is -0.436. The first-order valence-electron chi connectivity index (χ1n) is 4.83. The van der Waals surface area contributed by atoms with E-state index < -0.39 is 28.1 Å². The first-order valence-corrected chi connectivity index (χ1v) is 6.15. The molecule has 1 unspecified atom stereocenters. The predicted molar refractivity (Wildman–Crippen MR) is 59.5 cm³/mol. The molecule has 16 heavy (non-hydrogen) atoms. The molecule has 1 aromatic rings. The van der Waals surface area contributed by atoms with Crippen molar-refractivity contribution in [2.75, 3.05) is 5.75 Å². The van der Waals surface area contributed by atoms with Crippen LogP contribution in [0.3, 0.4) is 0 Å². The second kappa shape index (κ2) is 5.21. The summed E-state index contributed by atoms with van der Waals surface area (Å²) in [6.45, 7) is 3.83. The summed E-state index contributed by atoms with van der Waals surface area (Å²) in [7, 11) is -1.28. The molecule has 0 radical (unpaired) electrons. The number of hydrogen-bond acceptors (Lipinski definition) is 2. The van der Waals surface area contributed by atoms with Crippen molar-refractivity contribution >= 4 is 16.8 Å². The van der Waals surface area contributed by atoms with Gasteiger partial charge in [-0.15, -0.1) is 0 Å². The van der Waals surface area contributed by atoms with Gasteiger partial charge in [0.1, 0.15) is 5.82 Å². The largest absolute Gasteiger partial charge is 0.478 e. The first-order chi connectivity index (χ1) is 7.41. The molecule has 0 heterocycles. The first kappa shape index (κ1) is 12.8. The zero-order chi connectivity index (χ0) is 12.3. The average molecular weight is 244 g/mol. The molecule has 0 saturated carbocycles. The van der Waals surface area contributed by atoms with Gasteiger partial charge in [-0.1, -0.05) is 13.8 Å². The molecule has 0 fully saturated rings. The highest BCUT2D eigenvalue weighted by molar-refractivity contribution is 7.85. The second-order valence-corrected chi connectivity index (χ2v) is 5.35.